The molecule has 0 bridgehead atoms. The molecule has 0 N–H and O–H groups in total. The maximum absolute atomic E-state index is 11.0. The van der Waals surface area contributed by atoms with Crippen LogP contribution in [0.3, 0.4) is 0 Å². The van der Waals surface area contributed by atoms with Gasteiger partial charge in [-0.15, -0.1) is 0 Å². The Morgan fingerprint density at radius 2 is 2.10 bits per heavy atom. The van der Waals surface area contributed by atoms with Crippen LogP contribution >= 0.6 is 0 Å². The minimum Gasteiger partial charge on any atom is -0.381 e. The van der Waals surface area contributed by atoms with Crippen LogP contribution < -0.4 is 0 Å². The van der Waals surface area contributed by atoms with E-state index in [0.717, 1.165) is 0 Å². The van der Waals surface area contributed by atoms with Crippen molar-refractivity contribution in [2.24, 2.45) is 5.92 Å². The predicted molar refractivity (Wildman–Crippen MR) is 40.6 cm³/mol. The fraction of sp³-hybridized carbons (Fsp3) is 0.750. The molecular weight excluding hydrogens is 128 g/mol. The zero-order valence-corrected chi connectivity index (χ0v) is 6.89. The normalized spacial score (nSPS) is 13.7. The lowest BCUT2D eigenvalue weighted by Gasteiger charge is -2.09. The van der Waals surface area contributed by atoms with E-state index >= 15 is 0 Å². The Labute approximate surface area is 62.6 Å². The Balaban J connectivity index is 3.57. The van der Waals surface area contributed by atoms with Crippen LogP contribution in [0.4, 0.5) is 0 Å². The molecule has 0 rings (SSSR count). The molecular formula is C8H15O2. The van der Waals surface area contributed by atoms with Gasteiger partial charge in [-0.2, -0.15) is 0 Å². The highest BCUT2D eigenvalue weighted by Gasteiger charge is 2.10. The number of methoxy groups -OCH3 is 1. The van der Waals surface area contributed by atoms with Crippen LogP contribution in [0.15, 0.2) is 0 Å². The van der Waals surface area contributed by atoms with Crippen molar-refractivity contribution >= 4 is 5.78 Å². The van der Waals surface area contributed by atoms with E-state index in [1.54, 1.807) is 7.11 Å². The number of hydrogen-bond acceptors (Lipinski definition) is 2. The lowest BCUT2D eigenvalue weighted by atomic mass is 10.0. The number of ether oxygens (including phenoxy) is 1. The molecule has 10 heavy (non-hydrogen) atoms. The van der Waals surface area contributed by atoms with E-state index in [1.165, 1.54) is 0 Å². The molecule has 0 aliphatic heterocycles. The Morgan fingerprint density at radius 1 is 1.60 bits per heavy atom. The first kappa shape index (κ1) is 9.63. The monoisotopic (exact) mass is 143 g/mol. The summed E-state index contributed by atoms with van der Waals surface area (Å²) in [6.07, 6.45) is 0.239. The van der Waals surface area contributed by atoms with Gasteiger partial charge in [0.25, 0.3) is 0 Å². The number of carbonyl (C=O) groups excluding carboxylic acids is 1. The van der Waals surface area contributed by atoms with E-state index in [0.29, 0.717) is 6.42 Å². The zero-order valence-electron chi connectivity index (χ0n) is 6.89. The first-order chi connectivity index (χ1) is 4.57. The highest BCUT2D eigenvalue weighted by Crippen LogP contribution is 2.03. The second kappa shape index (κ2) is 4.45. The maximum atomic E-state index is 11.0. The molecule has 0 spiro atoms. The van der Waals surface area contributed by atoms with E-state index in [4.69, 9.17) is 4.74 Å². The van der Waals surface area contributed by atoms with Crippen LogP contribution in [0.2, 0.25) is 0 Å². The van der Waals surface area contributed by atoms with E-state index in [-0.39, 0.29) is 17.8 Å². The molecule has 2 heteroatoms. The molecule has 0 aromatic carbocycles. The van der Waals surface area contributed by atoms with Crippen LogP contribution in [0.1, 0.15) is 20.3 Å². The van der Waals surface area contributed by atoms with Crippen molar-refractivity contribution in [2.45, 2.75) is 26.4 Å². The zero-order chi connectivity index (χ0) is 8.15. The van der Waals surface area contributed by atoms with E-state index < -0.39 is 0 Å². The molecule has 0 aliphatic carbocycles. The number of ketones is 1. The van der Waals surface area contributed by atoms with Crippen molar-refractivity contribution in [1.82, 2.24) is 0 Å². The summed E-state index contributed by atoms with van der Waals surface area (Å²) in [4.78, 5) is 11.0. The summed E-state index contributed by atoms with van der Waals surface area (Å²) in [6, 6.07) is 0. The molecule has 1 radical (unpaired) electrons. The summed E-state index contributed by atoms with van der Waals surface area (Å²) in [6.45, 7) is 7.40. The molecule has 59 valence electrons. The first-order valence-electron chi connectivity index (χ1n) is 3.46. The van der Waals surface area contributed by atoms with E-state index in [9.17, 15) is 4.79 Å². The van der Waals surface area contributed by atoms with Gasteiger partial charge in [-0.1, -0.05) is 13.8 Å². The maximum Gasteiger partial charge on any atom is 0.138 e. The van der Waals surface area contributed by atoms with Gasteiger partial charge in [0, 0.05) is 19.4 Å². The van der Waals surface area contributed by atoms with Crippen LogP contribution in [-0.4, -0.2) is 19.0 Å². The van der Waals surface area contributed by atoms with Crippen molar-refractivity contribution in [1.29, 1.82) is 0 Å². The van der Waals surface area contributed by atoms with Crippen LogP contribution in [-0.2, 0) is 9.53 Å². The Morgan fingerprint density at radius 3 is 2.40 bits per heavy atom. The number of Topliss-reactive ketones (excluding diaryl/α,β-unsaturated/α-hetero) is 1. The third-order valence-corrected chi connectivity index (χ3v) is 1.41. The van der Waals surface area contributed by atoms with Crippen molar-refractivity contribution in [2.75, 3.05) is 7.11 Å². The topological polar surface area (TPSA) is 26.3 Å². The van der Waals surface area contributed by atoms with Crippen molar-refractivity contribution in [3.63, 3.8) is 0 Å². The molecule has 0 saturated heterocycles. The minimum absolute atomic E-state index is 0.0967. The van der Waals surface area contributed by atoms with Gasteiger partial charge < -0.3 is 4.74 Å². The Hall–Kier alpha value is -0.370. The van der Waals surface area contributed by atoms with Crippen LogP contribution in [0.25, 0.3) is 0 Å². The molecule has 0 aliphatic rings. The summed E-state index contributed by atoms with van der Waals surface area (Å²) < 4.78 is 4.84. The van der Waals surface area contributed by atoms with Gasteiger partial charge in [0.2, 0.25) is 0 Å². The van der Waals surface area contributed by atoms with Crippen LogP contribution in [0, 0.1) is 12.8 Å². The number of rotatable bonds is 4. The average Bonchev–Trinajstić information content (AvgIpc) is 1.87. The minimum atomic E-state index is -0.185. The van der Waals surface area contributed by atoms with Gasteiger partial charge in [0.05, 0.1) is 6.10 Å². The molecule has 2 nitrogen and oxygen atoms in total. The second-order valence-corrected chi connectivity index (χ2v) is 2.68. The molecule has 0 fully saturated rings. The SMILES string of the molecule is [CH2]C(CC(=O)C(C)C)OC. The van der Waals surface area contributed by atoms with E-state index in [1.807, 2.05) is 13.8 Å². The highest BCUT2D eigenvalue weighted by atomic mass is 16.5. The van der Waals surface area contributed by atoms with Crippen molar-refractivity contribution in [3.05, 3.63) is 6.92 Å². The third-order valence-electron chi connectivity index (χ3n) is 1.41. The summed E-state index contributed by atoms with van der Waals surface area (Å²) in [5.74, 6) is 0.307. The van der Waals surface area contributed by atoms with Crippen LogP contribution in [0.5, 0.6) is 0 Å². The van der Waals surface area contributed by atoms with Gasteiger partial charge in [-0.05, 0) is 6.92 Å². The van der Waals surface area contributed by atoms with Crippen molar-refractivity contribution < 1.29 is 9.53 Å². The Bertz CT molecular complexity index is 108. The quantitative estimate of drug-likeness (QED) is 0.595. The van der Waals surface area contributed by atoms with Gasteiger partial charge in [-0.3, -0.25) is 4.79 Å². The first-order valence-corrected chi connectivity index (χ1v) is 3.46. The average molecular weight is 143 g/mol. The number of hydrogen-bond donors (Lipinski definition) is 0. The fourth-order valence-corrected chi connectivity index (χ4v) is 0.543. The number of carbonyl (C=O) groups is 1. The van der Waals surface area contributed by atoms with Gasteiger partial charge >= 0.3 is 0 Å². The van der Waals surface area contributed by atoms with E-state index in [2.05, 4.69) is 6.92 Å². The summed E-state index contributed by atoms with van der Waals surface area (Å²) in [5.41, 5.74) is 0. The summed E-state index contributed by atoms with van der Waals surface area (Å²) in [5, 5.41) is 0. The molecule has 0 amide bonds. The molecule has 0 saturated carbocycles. The highest BCUT2D eigenvalue weighted by molar-refractivity contribution is 5.80. The van der Waals surface area contributed by atoms with Gasteiger partial charge in [0.1, 0.15) is 5.78 Å². The Kier molecular flexibility index (Phi) is 4.28. The second-order valence-electron chi connectivity index (χ2n) is 2.68. The standard InChI is InChI=1S/C8H15O2/c1-6(2)8(9)5-7(3)10-4/h6-7H,3,5H2,1-2,4H3. The molecule has 0 heterocycles. The lowest BCUT2D eigenvalue weighted by Crippen LogP contribution is -2.16. The van der Waals surface area contributed by atoms with Gasteiger partial charge in [-0.25, -0.2) is 0 Å². The largest absolute Gasteiger partial charge is 0.381 e. The third kappa shape index (κ3) is 3.62. The van der Waals surface area contributed by atoms with Gasteiger partial charge in [0.15, 0.2) is 0 Å². The smallest absolute Gasteiger partial charge is 0.138 e. The molecule has 1 atom stereocenters. The predicted octanol–water partition coefficient (Wildman–Crippen LogP) is 1.45. The molecule has 1 unspecified atom stereocenters. The summed E-state index contributed by atoms with van der Waals surface area (Å²) in [7, 11) is 1.56. The molecule has 0 aromatic heterocycles. The summed E-state index contributed by atoms with van der Waals surface area (Å²) >= 11 is 0. The van der Waals surface area contributed by atoms with Crippen molar-refractivity contribution in [3.8, 4) is 0 Å². The lowest BCUT2D eigenvalue weighted by molar-refractivity contribution is -0.123. The fourth-order valence-electron chi connectivity index (χ4n) is 0.543. The molecule has 0 aromatic rings.